The number of non-ortho nitro benzene ring substituents is 2. The third-order valence-electron chi connectivity index (χ3n) is 8.15. The Hall–Kier alpha value is -4.16. The van der Waals surface area contributed by atoms with Crippen LogP contribution >= 0.6 is 24.4 Å². The summed E-state index contributed by atoms with van der Waals surface area (Å²) in [7, 11) is 0. The maximum atomic E-state index is 11.6. The van der Waals surface area contributed by atoms with Gasteiger partial charge in [0.2, 0.25) is 0 Å². The predicted octanol–water partition coefficient (Wildman–Crippen LogP) is 7.15. The van der Waals surface area contributed by atoms with Crippen molar-refractivity contribution in [3.63, 3.8) is 0 Å². The molecule has 2 aromatic carbocycles. The summed E-state index contributed by atoms with van der Waals surface area (Å²) in [6.07, 6.45) is 7.51. The third-order valence-corrected chi connectivity index (χ3v) is 8.82. The van der Waals surface area contributed by atoms with Crippen LogP contribution in [0.3, 0.4) is 0 Å². The minimum atomic E-state index is -0.406. The van der Waals surface area contributed by atoms with Gasteiger partial charge in [-0.15, -0.1) is 0 Å². The molecule has 2 aliphatic carbocycles. The second kappa shape index (κ2) is 11.6. The molecule has 0 saturated carbocycles. The number of aromatic nitrogens is 4. The summed E-state index contributed by atoms with van der Waals surface area (Å²) in [5.41, 5.74) is 5.61. The molecule has 0 aliphatic heterocycles. The molecule has 12 heteroatoms. The highest BCUT2D eigenvalue weighted by Crippen LogP contribution is 2.32. The number of benzene rings is 2. The normalized spacial score (nSPS) is 14.2. The van der Waals surface area contributed by atoms with Crippen molar-refractivity contribution in [3.8, 4) is 22.8 Å². The van der Waals surface area contributed by atoms with Gasteiger partial charge in [-0.3, -0.25) is 20.2 Å². The molecule has 0 atom stereocenters. The van der Waals surface area contributed by atoms with Crippen LogP contribution in [0.15, 0.2) is 48.5 Å². The summed E-state index contributed by atoms with van der Waals surface area (Å²) in [6.45, 7) is 1.03. The molecular weight excluding hydrogens is 573 g/mol. The van der Waals surface area contributed by atoms with E-state index in [-0.39, 0.29) is 11.4 Å². The Morgan fingerprint density at radius 2 is 1.07 bits per heavy atom. The molecule has 2 heterocycles. The average Bonchev–Trinajstić information content (AvgIpc) is 3.01. The molecule has 0 N–H and O–H groups in total. The Balaban J connectivity index is 1.51. The van der Waals surface area contributed by atoms with Crippen LogP contribution in [0.2, 0.25) is 0 Å². The van der Waals surface area contributed by atoms with E-state index >= 15 is 0 Å². The molecule has 0 saturated heterocycles. The topological polar surface area (TPSA) is 122 Å². The quantitative estimate of drug-likeness (QED) is 0.125. The van der Waals surface area contributed by atoms with E-state index in [1.54, 1.807) is 24.3 Å². The first-order valence-corrected chi connectivity index (χ1v) is 14.9. The Morgan fingerprint density at radius 1 is 0.667 bits per heavy atom. The fraction of sp³-hybridized carbons (Fsp3) is 0.333. The van der Waals surface area contributed by atoms with Gasteiger partial charge in [0.15, 0.2) is 0 Å². The standard InChI is InChI=1S/C30H28N6O4S2/c37-35(38)21-9-5-7-19(17-21)27-31-29(41)23-11-1-3-13-25(23)33(27)15-16-34-26-14-4-2-12-24(26)30(42)32-28(34)20-8-6-10-22(18-20)36(39)40/h5-10,17-18H,1-4,11-16H2. The first-order valence-electron chi connectivity index (χ1n) is 14.1. The van der Waals surface area contributed by atoms with E-state index in [0.717, 1.165) is 73.9 Å². The molecule has 0 radical (unpaired) electrons. The van der Waals surface area contributed by atoms with Gasteiger partial charge in [-0.25, -0.2) is 9.97 Å². The summed E-state index contributed by atoms with van der Waals surface area (Å²) in [4.78, 5) is 32.0. The first kappa shape index (κ1) is 28.0. The van der Waals surface area contributed by atoms with E-state index in [0.29, 0.717) is 45.1 Å². The molecule has 2 aromatic heterocycles. The number of hydrogen-bond donors (Lipinski definition) is 0. The summed E-state index contributed by atoms with van der Waals surface area (Å²) >= 11 is 11.4. The Bertz CT molecular complexity index is 1730. The maximum Gasteiger partial charge on any atom is 0.270 e. The van der Waals surface area contributed by atoms with Crippen molar-refractivity contribution >= 4 is 35.8 Å². The summed E-state index contributed by atoms with van der Waals surface area (Å²) < 4.78 is 5.40. The van der Waals surface area contributed by atoms with Crippen LogP contribution in [0.1, 0.15) is 48.2 Å². The van der Waals surface area contributed by atoms with Crippen LogP contribution in [0.5, 0.6) is 0 Å². The molecular formula is C30H28N6O4S2. The van der Waals surface area contributed by atoms with Crippen LogP contribution in [0, 0.1) is 29.5 Å². The summed E-state index contributed by atoms with van der Waals surface area (Å²) in [5, 5.41) is 23.2. The molecule has 214 valence electrons. The predicted molar refractivity (Wildman–Crippen MR) is 164 cm³/mol. The largest absolute Gasteiger partial charge is 0.327 e. The van der Waals surface area contributed by atoms with Crippen LogP contribution in [0.4, 0.5) is 11.4 Å². The van der Waals surface area contributed by atoms with Gasteiger partial charge in [0.25, 0.3) is 11.4 Å². The molecule has 0 fully saturated rings. The monoisotopic (exact) mass is 600 g/mol. The molecule has 6 rings (SSSR count). The minimum absolute atomic E-state index is 0.00822. The van der Waals surface area contributed by atoms with Gasteiger partial charge in [-0.1, -0.05) is 48.7 Å². The highest BCUT2D eigenvalue weighted by Gasteiger charge is 2.23. The van der Waals surface area contributed by atoms with Crippen LogP contribution < -0.4 is 0 Å². The van der Waals surface area contributed by atoms with Gasteiger partial charge in [-0.2, -0.15) is 0 Å². The number of nitrogens with zero attached hydrogens (tertiary/aromatic N) is 6. The number of nitro benzene ring substituents is 2. The summed E-state index contributed by atoms with van der Waals surface area (Å²) in [5.74, 6) is 1.20. The molecule has 10 nitrogen and oxygen atoms in total. The van der Waals surface area contributed by atoms with Crippen LogP contribution in [-0.2, 0) is 38.8 Å². The van der Waals surface area contributed by atoms with Gasteiger partial charge in [-0.05, 0) is 51.4 Å². The van der Waals surface area contributed by atoms with Crippen molar-refractivity contribution in [1.82, 2.24) is 19.1 Å². The fourth-order valence-corrected chi connectivity index (χ4v) is 6.79. The zero-order valence-corrected chi connectivity index (χ0v) is 24.5. The fourth-order valence-electron chi connectivity index (χ4n) is 6.18. The number of rotatable bonds is 7. The van der Waals surface area contributed by atoms with Crippen LogP contribution in [0.25, 0.3) is 22.8 Å². The molecule has 0 spiro atoms. The van der Waals surface area contributed by atoms with Gasteiger partial charge in [0.05, 0.1) is 9.85 Å². The van der Waals surface area contributed by atoms with E-state index in [1.807, 2.05) is 12.1 Å². The van der Waals surface area contributed by atoms with E-state index in [4.69, 9.17) is 34.4 Å². The first-order chi connectivity index (χ1) is 20.3. The van der Waals surface area contributed by atoms with Crippen molar-refractivity contribution < 1.29 is 9.85 Å². The lowest BCUT2D eigenvalue weighted by molar-refractivity contribution is -0.385. The van der Waals surface area contributed by atoms with Crippen molar-refractivity contribution in [2.75, 3.05) is 0 Å². The highest BCUT2D eigenvalue weighted by atomic mass is 32.1. The van der Waals surface area contributed by atoms with Crippen molar-refractivity contribution in [2.24, 2.45) is 0 Å². The van der Waals surface area contributed by atoms with Gasteiger partial charge in [0.1, 0.15) is 20.9 Å². The van der Waals surface area contributed by atoms with E-state index in [9.17, 15) is 20.2 Å². The SMILES string of the molecule is O=[N+]([O-])c1cccc(-c2nc(=S)c3c(n2CCn2c(-c4cccc([N+](=O)[O-])c4)nc(=S)c4c2CCCC4)CCCC3)c1. The summed E-state index contributed by atoms with van der Waals surface area (Å²) in [6, 6.07) is 13.0. The molecule has 2 aliphatic rings. The molecule has 0 amide bonds. The Kier molecular flexibility index (Phi) is 7.74. The van der Waals surface area contributed by atoms with E-state index < -0.39 is 9.85 Å². The van der Waals surface area contributed by atoms with Gasteiger partial charge < -0.3 is 9.13 Å². The zero-order valence-electron chi connectivity index (χ0n) is 22.8. The van der Waals surface area contributed by atoms with Gasteiger partial charge >= 0.3 is 0 Å². The van der Waals surface area contributed by atoms with Gasteiger partial charge in [0, 0.05) is 71.0 Å². The Labute approximate surface area is 252 Å². The zero-order chi connectivity index (χ0) is 29.4. The van der Waals surface area contributed by atoms with Crippen molar-refractivity contribution in [1.29, 1.82) is 0 Å². The Morgan fingerprint density at radius 3 is 1.48 bits per heavy atom. The van der Waals surface area contributed by atoms with Crippen molar-refractivity contribution in [2.45, 2.75) is 64.5 Å². The molecule has 0 unspecified atom stereocenters. The molecule has 42 heavy (non-hydrogen) atoms. The smallest absolute Gasteiger partial charge is 0.270 e. The molecule has 0 bridgehead atoms. The van der Waals surface area contributed by atoms with E-state index in [1.165, 1.54) is 12.1 Å². The number of hydrogen-bond acceptors (Lipinski definition) is 8. The lowest BCUT2D eigenvalue weighted by atomic mass is 9.96. The minimum Gasteiger partial charge on any atom is -0.327 e. The average molecular weight is 601 g/mol. The number of nitro groups is 2. The number of fused-ring (bicyclic) bond motifs is 2. The van der Waals surface area contributed by atoms with Crippen LogP contribution in [-0.4, -0.2) is 28.9 Å². The second-order valence-corrected chi connectivity index (χ2v) is 11.4. The van der Waals surface area contributed by atoms with E-state index in [2.05, 4.69) is 9.13 Å². The lowest BCUT2D eigenvalue weighted by Gasteiger charge is -2.28. The highest BCUT2D eigenvalue weighted by molar-refractivity contribution is 7.71. The van der Waals surface area contributed by atoms with Crippen molar-refractivity contribution in [3.05, 3.63) is 101 Å². The third kappa shape index (κ3) is 5.27. The molecule has 4 aromatic rings. The maximum absolute atomic E-state index is 11.6. The second-order valence-electron chi connectivity index (χ2n) is 10.7. The lowest BCUT2D eigenvalue weighted by Crippen LogP contribution is -2.24.